The number of carbonyl (C=O) groups excluding carboxylic acids is 1. The lowest BCUT2D eigenvalue weighted by Gasteiger charge is -2.42. The van der Waals surface area contributed by atoms with Crippen LogP contribution in [0.15, 0.2) is 11.1 Å². The van der Waals surface area contributed by atoms with Gasteiger partial charge in [-0.25, -0.2) is 0 Å². The molecule has 5 aliphatic rings. The minimum Gasteiger partial charge on any atom is -0.376 e. The van der Waals surface area contributed by atoms with Gasteiger partial charge in [-0.1, -0.05) is 19.4 Å². The molecule has 1 heterocycles. The molecule has 5 rings (SSSR count). The van der Waals surface area contributed by atoms with Crippen LogP contribution < -0.4 is 0 Å². The molecule has 5 atom stereocenters. The van der Waals surface area contributed by atoms with Crippen LogP contribution >= 0.6 is 0 Å². The molecule has 0 aromatic heterocycles. The van der Waals surface area contributed by atoms with Crippen molar-refractivity contribution in [3.05, 3.63) is 11.1 Å². The van der Waals surface area contributed by atoms with Crippen molar-refractivity contribution < 1.29 is 9.53 Å². The molecule has 4 aliphatic carbocycles. The van der Waals surface area contributed by atoms with Crippen LogP contribution in [0.4, 0.5) is 0 Å². The van der Waals surface area contributed by atoms with E-state index >= 15 is 0 Å². The Kier molecular flexibility index (Phi) is 2.04. The van der Waals surface area contributed by atoms with Crippen molar-refractivity contribution in [3.8, 4) is 0 Å². The molecule has 0 aromatic carbocycles. The van der Waals surface area contributed by atoms with Crippen molar-refractivity contribution in [2.24, 2.45) is 28.6 Å². The molecule has 1 saturated heterocycles. The zero-order chi connectivity index (χ0) is 13.7. The monoisotopic (exact) mass is 272 g/mol. The second-order valence-corrected chi connectivity index (χ2v) is 8.59. The average molecular weight is 272 g/mol. The summed E-state index contributed by atoms with van der Waals surface area (Å²) in [5.74, 6) is 2.44. The van der Waals surface area contributed by atoms with Gasteiger partial charge in [-0.2, -0.15) is 0 Å². The summed E-state index contributed by atoms with van der Waals surface area (Å²) >= 11 is 0. The van der Waals surface area contributed by atoms with Crippen LogP contribution in [0.25, 0.3) is 0 Å². The zero-order valence-corrected chi connectivity index (χ0v) is 12.6. The normalized spacial score (nSPS) is 51.4. The maximum Gasteiger partial charge on any atom is 0.159 e. The molecule has 2 heteroatoms. The van der Waals surface area contributed by atoms with Gasteiger partial charge in [-0.05, 0) is 49.4 Å². The molecule has 1 spiro atoms. The smallest absolute Gasteiger partial charge is 0.159 e. The second-order valence-electron chi connectivity index (χ2n) is 8.59. The third-order valence-corrected chi connectivity index (χ3v) is 7.26. The number of carbonyl (C=O) groups is 1. The quantitative estimate of drug-likeness (QED) is 0.674. The Morgan fingerprint density at radius 1 is 1.25 bits per heavy atom. The standard InChI is InChI=1S/C18H24O2/c1-17(2)8-11-6-10-4-3-5-13(10)15-14(19)7-12-9-20-16(17)18(11,12)15/h10-12,16H,3-9H2,1-2H3/t10-,11+,12-,16+,18?/m0/s1. The molecule has 0 aromatic rings. The van der Waals surface area contributed by atoms with Crippen LogP contribution in [0.1, 0.15) is 52.4 Å². The second kappa shape index (κ2) is 3.40. The average Bonchev–Trinajstić information content (AvgIpc) is 3.03. The van der Waals surface area contributed by atoms with Crippen molar-refractivity contribution in [1.82, 2.24) is 0 Å². The number of hydrogen-bond donors (Lipinski definition) is 0. The number of fused-ring (bicyclic) bond motifs is 1. The number of allylic oxidation sites excluding steroid dienone is 1. The van der Waals surface area contributed by atoms with Gasteiger partial charge in [0.1, 0.15) is 0 Å². The molecular weight excluding hydrogens is 248 g/mol. The van der Waals surface area contributed by atoms with Crippen LogP contribution in [0.3, 0.4) is 0 Å². The lowest BCUT2D eigenvalue weighted by atomic mass is 9.60. The van der Waals surface area contributed by atoms with E-state index in [1.54, 1.807) is 5.57 Å². The van der Waals surface area contributed by atoms with Gasteiger partial charge in [-0.3, -0.25) is 4.79 Å². The Bertz CT molecular complexity index is 544. The highest BCUT2D eigenvalue weighted by atomic mass is 16.5. The first kappa shape index (κ1) is 12.0. The molecule has 20 heavy (non-hydrogen) atoms. The van der Waals surface area contributed by atoms with Crippen molar-refractivity contribution in [2.75, 3.05) is 6.61 Å². The van der Waals surface area contributed by atoms with E-state index < -0.39 is 0 Å². The Labute approximate surface area is 120 Å². The highest BCUT2D eigenvalue weighted by molar-refractivity contribution is 6.01. The first-order chi connectivity index (χ1) is 9.55. The van der Waals surface area contributed by atoms with Crippen molar-refractivity contribution in [3.63, 3.8) is 0 Å². The number of hydrogen-bond acceptors (Lipinski definition) is 2. The molecule has 0 amide bonds. The number of Topliss-reactive ketones (excluding diaryl/α,β-unsaturated/α-hetero) is 1. The summed E-state index contributed by atoms with van der Waals surface area (Å²) in [5.41, 5.74) is 3.25. The van der Waals surface area contributed by atoms with Crippen molar-refractivity contribution >= 4 is 5.78 Å². The maximum absolute atomic E-state index is 12.8. The summed E-state index contributed by atoms with van der Waals surface area (Å²) < 4.78 is 6.30. The predicted molar refractivity (Wildman–Crippen MR) is 76.2 cm³/mol. The SMILES string of the molecule is CC1(C)C[C@H]2C[C@@H]3CCCC3=C3C(=O)C[C@H]4CO[C@H]1C342. The van der Waals surface area contributed by atoms with Crippen LogP contribution in [0.5, 0.6) is 0 Å². The van der Waals surface area contributed by atoms with E-state index in [0.29, 0.717) is 23.7 Å². The van der Waals surface area contributed by atoms with E-state index in [2.05, 4.69) is 13.8 Å². The molecule has 1 aliphatic heterocycles. The fraction of sp³-hybridized carbons (Fsp3) is 0.833. The molecule has 108 valence electrons. The summed E-state index contributed by atoms with van der Waals surface area (Å²) in [5, 5.41) is 0. The van der Waals surface area contributed by atoms with E-state index in [9.17, 15) is 4.79 Å². The topological polar surface area (TPSA) is 26.3 Å². The summed E-state index contributed by atoms with van der Waals surface area (Å²) in [6, 6.07) is 0. The summed E-state index contributed by atoms with van der Waals surface area (Å²) in [6.45, 7) is 5.57. The third kappa shape index (κ3) is 1.09. The van der Waals surface area contributed by atoms with Gasteiger partial charge in [0.05, 0.1) is 12.7 Å². The van der Waals surface area contributed by atoms with Gasteiger partial charge in [-0.15, -0.1) is 0 Å². The van der Waals surface area contributed by atoms with E-state index in [4.69, 9.17) is 4.74 Å². The summed E-state index contributed by atoms with van der Waals surface area (Å²) in [6.07, 6.45) is 7.50. The molecule has 1 unspecified atom stereocenters. The lowest BCUT2D eigenvalue weighted by Crippen LogP contribution is -2.43. The van der Waals surface area contributed by atoms with Gasteiger partial charge in [0.15, 0.2) is 5.78 Å². The third-order valence-electron chi connectivity index (χ3n) is 7.26. The van der Waals surface area contributed by atoms with Gasteiger partial charge in [0.2, 0.25) is 0 Å². The van der Waals surface area contributed by atoms with E-state index in [1.807, 2.05) is 0 Å². The Morgan fingerprint density at radius 2 is 2.10 bits per heavy atom. The number of rotatable bonds is 0. The minimum atomic E-state index is 0.136. The first-order valence-electron chi connectivity index (χ1n) is 8.43. The first-order valence-corrected chi connectivity index (χ1v) is 8.43. The predicted octanol–water partition coefficient (Wildman–Crippen LogP) is 3.51. The van der Waals surface area contributed by atoms with E-state index in [-0.39, 0.29) is 10.8 Å². The largest absolute Gasteiger partial charge is 0.376 e. The van der Waals surface area contributed by atoms with E-state index in [0.717, 1.165) is 18.9 Å². The van der Waals surface area contributed by atoms with Crippen molar-refractivity contribution in [2.45, 2.75) is 58.5 Å². The highest BCUT2D eigenvalue weighted by Crippen LogP contribution is 2.72. The summed E-state index contributed by atoms with van der Waals surface area (Å²) in [7, 11) is 0. The Balaban J connectivity index is 1.79. The lowest BCUT2D eigenvalue weighted by molar-refractivity contribution is -0.116. The van der Waals surface area contributed by atoms with Gasteiger partial charge in [0, 0.05) is 23.3 Å². The molecule has 0 N–H and O–H groups in total. The Hall–Kier alpha value is -0.630. The highest BCUT2D eigenvalue weighted by Gasteiger charge is 2.72. The molecular formula is C18H24O2. The van der Waals surface area contributed by atoms with Gasteiger partial charge in [0.25, 0.3) is 0 Å². The fourth-order valence-corrected chi connectivity index (χ4v) is 6.95. The maximum atomic E-state index is 12.8. The van der Waals surface area contributed by atoms with Crippen LogP contribution in [-0.2, 0) is 9.53 Å². The Morgan fingerprint density at radius 3 is 2.95 bits per heavy atom. The molecule has 2 nitrogen and oxygen atoms in total. The molecule has 4 fully saturated rings. The zero-order valence-electron chi connectivity index (χ0n) is 12.6. The van der Waals surface area contributed by atoms with Crippen LogP contribution in [-0.4, -0.2) is 18.5 Å². The van der Waals surface area contributed by atoms with E-state index in [1.165, 1.54) is 37.7 Å². The molecule has 0 radical (unpaired) electrons. The van der Waals surface area contributed by atoms with Crippen LogP contribution in [0, 0.1) is 28.6 Å². The fourth-order valence-electron chi connectivity index (χ4n) is 6.95. The van der Waals surface area contributed by atoms with Gasteiger partial charge < -0.3 is 4.74 Å². The number of ketones is 1. The minimum absolute atomic E-state index is 0.136. The van der Waals surface area contributed by atoms with Crippen LogP contribution in [0.2, 0.25) is 0 Å². The summed E-state index contributed by atoms with van der Waals surface area (Å²) in [4.78, 5) is 12.8. The number of ether oxygens (including phenoxy) is 1. The van der Waals surface area contributed by atoms with Crippen molar-refractivity contribution in [1.29, 1.82) is 0 Å². The molecule has 0 bridgehead atoms. The van der Waals surface area contributed by atoms with Gasteiger partial charge >= 0.3 is 0 Å². The molecule has 3 saturated carbocycles.